The van der Waals surface area contributed by atoms with Gasteiger partial charge in [-0.25, -0.2) is 8.78 Å². The molecule has 0 amide bonds. The van der Waals surface area contributed by atoms with Gasteiger partial charge in [-0.05, 0) is 36.8 Å². The van der Waals surface area contributed by atoms with Gasteiger partial charge in [0.1, 0.15) is 17.4 Å². The molecule has 0 heterocycles. The van der Waals surface area contributed by atoms with Crippen molar-refractivity contribution in [2.75, 3.05) is 7.11 Å². The first-order valence-electron chi connectivity index (χ1n) is 5.87. The summed E-state index contributed by atoms with van der Waals surface area (Å²) in [5, 5.41) is -0.387. The van der Waals surface area contributed by atoms with Crippen molar-refractivity contribution in [2.24, 2.45) is 0 Å². The zero-order chi connectivity index (χ0) is 14.9. The van der Waals surface area contributed by atoms with E-state index in [-0.39, 0.29) is 11.1 Å². The monoisotopic (exact) mass is 316 g/mol. The molecule has 0 bridgehead atoms. The summed E-state index contributed by atoms with van der Waals surface area (Å²) in [6, 6.07) is 7.07. The molecule has 0 fully saturated rings. The number of hydrogen-bond acceptors (Lipinski definition) is 1. The van der Waals surface area contributed by atoms with Crippen LogP contribution in [0.25, 0.3) is 0 Å². The number of aryl methyl sites for hydroxylation is 1. The summed E-state index contributed by atoms with van der Waals surface area (Å²) in [6.45, 7) is 1.49. The van der Waals surface area contributed by atoms with E-state index in [1.54, 1.807) is 18.2 Å². The summed E-state index contributed by atoms with van der Waals surface area (Å²) < 4.78 is 32.7. The molecular formula is C15H12Cl2F2O. The Morgan fingerprint density at radius 2 is 1.75 bits per heavy atom. The number of hydrogen-bond donors (Lipinski definition) is 0. The number of rotatable bonds is 3. The summed E-state index contributed by atoms with van der Waals surface area (Å²) in [4.78, 5) is 0. The zero-order valence-corrected chi connectivity index (χ0v) is 12.4. The van der Waals surface area contributed by atoms with E-state index in [1.807, 2.05) is 0 Å². The maximum atomic E-state index is 14.0. The Morgan fingerprint density at radius 3 is 2.40 bits per heavy atom. The first kappa shape index (κ1) is 15.1. The number of halogens is 4. The van der Waals surface area contributed by atoms with E-state index >= 15 is 0 Å². The lowest BCUT2D eigenvalue weighted by molar-refractivity contribution is 0.410. The van der Waals surface area contributed by atoms with Crippen LogP contribution >= 0.6 is 23.2 Å². The lowest BCUT2D eigenvalue weighted by Gasteiger charge is -2.16. The van der Waals surface area contributed by atoms with Gasteiger partial charge in [0.15, 0.2) is 0 Å². The van der Waals surface area contributed by atoms with Crippen molar-refractivity contribution in [3.05, 3.63) is 63.7 Å². The molecule has 1 nitrogen and oxygen atoms in total. The fraction of sp³-hybridized carbons (Fsp3) is 0.200. The van der Waals surface area contributed by atoms with Crippen LogP contribution in [0.3, 0.4) is 0 Å². The van der Waals surface area contributed by atoms with Crippen LogP contribution in [-0.4, -0.2) is 7.11 Å². The van der Waals surface area contributed by atoms with E-state index < -0.39 is 17.0 Å². The Labute approximate surface area is 126 Å². The highest BCUT2D eigenvalue weighted by molar-refractivity contribution is 6.30. The molecule has 5 heteroatoms. The van der Waals surface area contributed by atoms with Gasteiger partial charge in [-0.2, -0.15) is 0 Å². The third-order valence-electron chi connectivity index (χ3n) is 3.02. The molecule has 0 spiro atoms. The first-order chi connectivity index (χ1) is 9.43. The summed E-state index contributed by atoms with van der Waals surface area (Å²) in [5.74, 6) is -0.626. The first-order valence-corrected chi connectivity index (χ1v) is 6.68. The van der Waals surface area contributed by atoms with Gasteiger partial charge in [0.05, 0.1) is 12.5 Å². The minimum atomic E-state index is -0.864. The summed E-state index contributed by atoms with van der Waals surface area (Å²) >= 11 is 12.1. The molecule has 0 aliphatic carbocycles. The van der Waals surface area contributed by atoms with Gasteiger partial charge in [-0.15, -0.1) is 11.6 Å². The molecule has 1 atom stereocenters. The van der Waals surface area contributed by atoms with Crippen LogP contribution in [0.5, 0.6) is 5.75 Å². The van der Waals surface area contributed by atoms with E-state index in [1.165, 1.54) is 14.0 Å². The molecule has 106 valence electrons. The lowest BCUT2D eigenvalue weighted by atomic mass is 10.0. The average molecular weight is 317 g/mol. The SMILES string of the molecule is COc1cc(Cl)ccc1C(Cl)c1cc(F)c(C)cc1F. The average Bonchev–Trinajstić information content (AvgIpc) is 2.42. The molecule has 1 unspecified atom stereocenters. The predicted molar refractivity (Wildman–Crippen MR) is 76.8 cm³/mol. The van der Waals surface area contributed by atoms with Crippen molar-refractivity contribution in [1.82, 2.24) is 0 Å². The van der Waals surface area contributed by atoms with Crippen LogP contribution in [0.1, 0.15) is 22.1 Å². The molecular weight excluding hydrogens is 305 g/mol. The van der Waals surface area contributed by atoms with E-state index in [9.17, 15) is 8.78 Å². The largest absolute Gasteiger partial charge is 0.496 e. The zero-order valence-electron chi connectivity index (χ0n) is 10.9. The van der Waals surface area contributed by atoms with Crippen molar-refractivity contribution in [2.45, 2.75) is 12.3 Å². The van der Waals surface area contributed by atoms with E-state index in [4.69, 9.17) is 27.9 Å². The molecule has 0 saturated heterocycles. The van der Waals surface area contributed by atoms with Gasteiger partial charge in [0.25, 0.3) is 0 Å². The summed E-state index contributed by atoms with van der Waals surface area (Å²) in [6.07, 6.45) is 0. The Kier molecular flexibility index (Phi) is 4.51. The fourth-order valence-corrected chi connectivity index (χ4v) is 2.43. The fourth-order valence-electron chi connectivity index (χ4n) is 1.92. The van der Waals surface area contributed by atoms with Crippen molar-refractivity contribution in [3.8, 4) is 5.75 Å². The van der Waals surface area contributed by atoms with Crippen molar-refractivity contribution in [1.29, 1.82) is 0 Å². The van der Waals surface area contributed by atoms with E-state index in [2.05, 4.69) is 0 Å². The van der Waals surface area contributed by atoms with Gasteiger partial charge in [-0.3, -0.25) is 0 Å². The van der Waals surface area contributed by atoms with Crippen molar-refractivity contribution >= 4 is 23.2 Å². The summed E-state index contributed by atoms with van der Waals surface area (Å²) in [5.41, 5.74) is 0.828. The third kappa shape index (κ3) is 2.89. The smallest absolute Gasteiger partial charge is 0.128 e. The molecule has 0 saturated carbocycles. The molecule has 0 N–H and O–H groups in total. The second-order valence-electron chi connectivity index (χ2n) is 4.37. The van der Waals surface area contributed by atoms with Crippen LogP contribution in [0.2, 0.25) is 5.02 Å². The number of alkyl halides is 1. The topological polar surface area (TPSA) is 9.23 Å². The van der Waals surface area contributed by atoms with Crippen LogP contribution < -0.4 is 4.74 Å². The van der Waals surface area contributed by atoms with Crippen LogP contribution in [-0.2, 0) is 0 Å². The molecule has 0 aliphatic rings. The minimum Gasteiger partial charge on any atom is -0.496 e. The number of ether oxygens (including phenoxy) is 1. The Hall–Kier alpha value is -1.32. The number of methoxy groups -OCH3 is 1. The second-order valence-corrected chi connectivity index (χ2v) is 5.24. The van der Waals surface area contributed by atoms with E-state index in [0.717, 1.165) is 12.1 Å². The predicted octanol–water partition coefficient (Wildman–Crippen LogP) is 5.26. The van der Waals surface area contributed by atoms with E-state index in [0.29, 0.717) is 16.3 Å². The maximum absolute atomic E-state index is 14.0. The van der Waals surface area contributed by atoms with Crippen LogP contribution in [0.4, 0.5) is 8.78 Å². The standard InChI is InChI=1S/C15H12Cl2F2O/c1-8-5-13(19)11(7-12(8)18)15(17)10-4-3-9(16)6-14(10)20-2/h3-7,15H,1-2H3. The highest BCUT2D eigenvalue weighted by atomic mass is 35.5. The van der Waals surface area contributed by atoms with Gasteiger partial charge >= 0.3 is 0 Å². The quantitative estimate of drug-likeness (QED) is 0.701. The second kappa shape index (κ2) is 5.98. The number of benzene rings is 2. The summed E-state index contributed by atoms with van der Waals surface area (Å²) in [7, 11) is 1.46. The van der Waals surface area contributed by atoms with Crippen LogP contribution in [0.15, 0.2) is 30.3 Å². The van der Waals surface area contributed by atoms with Gasteiger partial charge in [-0.1, -0.05) is 17.7 Å². The Morgan fingerprint density at radius 1 is 1.05 bits per heavy atom. The Balaban J connectivity index is 2.51. The molecule has 0 radical (unpaired) electrons. The molecule has 0 aromatic heterocycles. The normalized spacial score (nSPS) is 12.3. The molecule has 2 rings (SSSR count). The maximum Gasteiger partial charge on any atom is 0.128 e. The Bertz CT molecular complexity index is 644. The highest BCUT2D eigenvalue weighted by Crippen LogP contribution is 2.38. The van der Waals surface area contributed by atoms with Crippen molar-refractivity contribution < 1.29 is 13.5 Å². The lowest BCUT2D eigenvalue weighted by Crippen LogP contribution is -2.02. The molecule has 0 aliphatic heterocycles. The molecule has 2 aromatic carbocycles. The molecule has 2 aromatic rings. The molecule has 20 heavy (non-hydrogen) atoms. The van der Waals surface area contributed by atoms with Crippen molar-refractivity contribution in [3.63, 3.8) is 0 Å². The third-order valence-corrected chi connectivity index (χ3v) is 3.72. The minimum absolute atomic E-state index is 0.0652. The van der Waals surface area contributed by atoms with Gasteiger partial charge < -0.3 is 4.74 Å². The van der Waals surface area contributed by atoms with Crippen LogP contribution in [0, 0.1) is 18.6 Å². The van der Waals surface area contributed by atoms with Gasteiger partial charge in [0.2, 0.25) is 0 Å². The highest BCUT2D eigenvalue weighted by Gasteiger charge is 2.21. The van der Waals surface area contributed by atoms with Gasteiger partial charge in [0, 0.05) is 16.1 Å².